The van der Waals surface area contributed by atoms with Gasteiger partial charge in [-0.15, -0.1) is 0 Å². The van der Waals surface area contributed by atoms with Crippen molar-refractivity contribution in [2.75, 3.05) is 30.4 Å². The van der Waals surface area contributed by atoms with Gasteiger partial charge in [0.25, 0.3) is 0 Å². The van der Waals surface area contributed by atoms with Crippen molar-refractivity contribution in [3.8, 4) is 11.1 Å². The molecule has 6 rings (SSSR count). The highest BCUT2D eigenvalue weighted by atomic mass is 19.2. The predicted molar refractivity (Wildman–Crippen MR) is 145 cm³/mol. The lowest BCUT2D eigenvalue weighted by molar-refractivity contribution is 0.0695. The molecule has 0 radical (unpaired) electrons. The fraction of sp³-hybridized carbons (Fsp3) is 0.259. The van der Waals surface area contributed by atoms with E-state index in [9.17, 15) is 19.1 Å². The number of piperidine rings is 1. The number of nitrogens with one attached hydrogen (secondary N) is 2. The number of aromatic nitrogens is 4. The monoisotopic (exact) mass is 533 g/mol. The zero-order chi connectivity index (χ0) is 27.6. The van der Waals surface area contributed by atoms with Gasteiger partial charge in [0, 0.05) is 69.0 Å². The summed E-state index contributed by atoms with van der Waals surface area (Å²) in [5, 5.41) is 13.0. The normalized spacial score (nSPS) is 15.9. The lowest BCUT2D eigenvalue weighted by Gasteiger charge is -2.34. The zero-order valence-electron chi connectivity index (χ0n) is 21.2. The molecule has 0 aliphatic carbocycles. The molecule has 1 fully saturated rings. The maximum atomic E-state index is 15.5. The summed E-state index contributed by atoms with van der Waals surface area (Å²) in [5.41, 5.74) is 8.28. The van der Waals surface area contributed by atoms with Crippen molar-refractivity contribution >= 4 is 50.3 Å². The van der Waals surface area contributed by atoms with E-state index in [1.54, 1.807) is 32.6 Å². The molecule has 5 N–H and O–H groups in total. The fourth-order valence-corrected chi connectivity index (χ4v) is 5.56. The second-order valence-corrected chi connectivity index (χ2v) is 9.82. The molecule has 12 heteroatoms. The number of aryl methyl sites for hydroxylation is 1. The van der Waals surface area contributed by atoms with Gasteiger partial charge in [-0.1, -0.05) is 0 Å². The quantitative estimate of drug-likeness (QED) is 0.275. The Labute approximate surface area is 220 Å². The number of carbonyl (C=O) groups is 1. The third kappa shape index (κ3) is 3.78. The molecular formula is C27H25F2N7O3. The molecule has 1 saturated heterocycles. The van der Waals surface area contributed by atoms with E-state index in [0.717, 1.165) is 18.9 Å². The number of aromatic carboxylic acids is 1. The van der Waals surface area contributed by atoms with Gasteiger partial charge < -0.3 is 30.6 Å². The number of nitrogens with zero attached hydrogens (tertiary/aromatic N) is 4. The summed E-state index contributed by atoms with van der Waals surface area (Å²) in [5.74, 6) is -3.35. The topological polar surface area (TPSA) is 142 Å². The van der Waals surface area contributed by atoms with E-state index in [1.807, 2.05) is 4.90 Å². The number of halogens is 2. The number of hydrogen-bond donors (Lipinski definition) is 4. The average molecular weight is 534 g/mol. The lowest BCUT2D eigenvalue weighted by atomic mass is 9.98. The number of H-pyrrole nitrogens is 1. The van der Waals surface area contributed by atoms with E-state index in [4.69, 9.17) is 5.73 Å². The van der Waals surface area contributed by atoms with E-state index in [0.29, 0.717) is 57.8 Å². The molecule has 0 spiro atoms. The second-order valence-electron chi connectivity index (χ2n) is 9.82. The summed E-state index contributed by atoms with van der Waals surface area (Å²) >= 11 is 0. The molecule has 39 heavy (non-hydrogen) atoms. The minimum atomic E-state index is -1.34. The minimum absolute atomic E-state index is 0.0515. The lowest BCUT2D eigenvalue weighted by Crippen LogP contribution is -2.43. The first-order valence-corrected chi connectivity index (χ1v) is 12.4. The largest absolute Gasteiger partial charge is 0.477 e. The average Bonchev–Trinajstić information content (AvgIpc) is 3.31. The molecular weight excluding hydrogens is 508 g/mol. The van der Waals surface area contributed by atoms with Crippen LogP contribution in [0.5, 0.6) is 0 Å². The molecule has 1 aromatic carbocycles. The molecule has 200 valence electrons. The van der Waals surface area contributed by atoms with Crippen molar-refractivity contribution in [3.05, 3.63) is 58.1 Å². The van der Waals surface area contributed by atoms with E-state index in [2.05, 4.69) is 20.3 Å². The number of nitrogens with two attached hydrogens (primary N) is 1. The highest BCUT2D eigenvalue weighted by Crippen LogP contribution is 2.43. The van der Waals surface area contributed by atoms with Gasteiger partial charge >= 0.3 is 5.97 Å². The minimum Gasteiger partial charge on any atom is -0.477 e. The SMILES string of the molecule is CNc1cc(F)c(F)c2c1[nH]c1ncc(-c3cnc4c(c3)c(=O)c(C(=O)O)cn4C)c(N3CCCC(N)C3)c12. The van der Waals surface area contributed by atoms with Crippen LogP contribution < -0.4 is 21.4 Å². The predicted octanol–water partition coefficient (Wildman–Crippen LogP) is 3.58. The van der Waals surface area contributed by atoms with Crippen molar-refractivity contribution in [2.24, 2.45) is 12.8 Å². The fourth-order valence-electron chi connectivity index (χ4n) is 5.56. The van der Waals surface area contributed by atoms with Crippen LogP contribution in [-0.4, -0.2) is 56.8 Å². The first-order valence-electron chi connectivity index (χ1n) is 12.4. The molecule has 1 aliphatic rings. The van der Waals surface area contributed by atoms with E-state index in [1.165, 1.54) is 10.8 Å². The maximum absolute atomic E-state index is 15.5. The molecule has 0 amide bonds. The summed E-state index contributed by atoms with van der Waals surface area (Å²) in [4.78, 5) is 38.9. The molecule has 10 nitrogen and oxygen atoms in total. The Kier molecular flexibility index (Phi) is 5.72. The molecule has 0 bridgehead atoms. The molecule has 1 unspecified atom stereocenters. The summed E-state index contributed by atoms with van der Waals surface area (Å²) in [6.45, 7) is 1.09. The molecule has 1 atom stereocenters. The molecule has 4 aromatic heterocycles. The summed E-state index contributed by atoms with van der Waals surface area (Å²) < 4.78 is 31.7. The Bertz CT molecular complexity index is 1880. The van der Waals surface area contributed by atoms with E-state index < -0.39 is 23.0 Å². The van der Waals surface area contributed by atoms with Gasteiger partial charge in [0.2, 0.25) is 5.43 Å². The molecule has 1 aliphatic heterocycles. The number of hydrogen-bond acceptors (Lipinski definition) is 7. The number of aromatic amines is 1. The Morgan fingerprint density at radius 1 is 1.23 bits per heavy atom. The van der Waals surface area contributed by atoms with Crippen molar-refractivity contribution in [2.45, 2.75) is 18.9 Å². The van der Waals surface area contributed by atoms with Crippen LogP contribution in [0.3, 0.4) is 0 Å². The van der Waals surface area contributed by atoms with Gasteiger partial charge in [0.05, 0.1) is 33.1 Å². The van der Waals surface area contributed by atoms with Crippen LogP contribution in [0.15, 0.2) is 35.5 Å². The van der Waals surface area contributed by atoms with Gasteiger partial charge in [0.15, 0.2) is 11.6 Å². The van der Waals surface area contributed by atoms with E-state index in [-0.39, 0.29) is 22.4 Å². The first kappa shape index (κ1) is 24.7. The Balaban J connectivity index is 1.72. The second kappa shape index (κ2) is 9.02. The Hall–Kier alpha value is -4.58. The standard InChI is InChI=1S/C27H25F2N7O3/c1-31-18-7-17(28)21(29)19-20-23(36-5-3-4-13(30)10-36)15(9-32-25(20)34-22(18)19)12-6-14-24(37)16(27(38)39)11-35(2)26(14)33-8-12/h6-9,11,13,31H,3-5,10,30H2,1-2H3,(H,32,34)(H,38,39). The smallest absolute Gasteiger partial charge is 0.341 e. The zero-order valence-corrected chi connectivity index (χ0v) is 21.2. The van der Waals surface area contributed by atoms with Gasteiger partial charge in [0.1, 0.15) is 16.9 Å². The van der Waals surface area contributed by atoms with Crippen LogP contribution in [0.25, 0.3) is 44.1 Å². The number of rotatable bonds is 4. The van der Waals surface area contributed by atoms with Crippen molar-refractivity contribution in [1.82, 2.24) is 19.5 Å². The van der Waals surface area contributed by atoms with Gasteiger partial charge in [-0.25, -0.2) is 23.5 Å². The number of anilines is 2. The number of carboxylic acid groups (broad SMARTS) is 1. The molecule has 5 heterocycles. The first-order chi connectivity index (χ1) is 18.7. The number of carboxylic acids is 1. The van der Waals surface area contributed by atoms with Crippen LogP contribution in [-0.2, 0) is 7.05 Å². The van der Waals surface area contributed by atoms with Crippen molar-refractivity contribution < 1.29 is 18.7 Å². The van der Waals surface area contributed by atoms with Crippen molar-refractivity contribution in [1.29, 1.82) is 0 Å². The highest BCUT2D eigenvalue weighted by Gasteiger charge is 2.28. The van der Waals surface area contributed by atoms with Crippen molar-refractivity contribution in [3.63, 3.8) is 0 Å². The van der Waals surface area contributed by atoms with Crippen LogP contribution in [0.4, 0.5) is 20.2 Å². The van der Waals surface area contributed by atoms with Gasteiger partial charge in [-0.05, 0) is 18.9 Å². The summed E-state index contributed by atoms with van der Waals surface area (Å²) in [6.07, 6.45) is 6.00. The van der Waals surface area contributed by atoms with Crippen LogP contribution in [0.1, 0.15) is 23.2 Å². The summed E-state index contributed by atoms with van der Waals surface area (Å²) in [7, 11) is 3.23. The van der Waals surface area contributed by atoms with Crippen LogP contribution >= 0.6 is 0 Å². The third-order valence-electron chi connectivity index (χ3n) is 7.36. The van der Waals surface area contributed by atoms with Crippen LogP contribution in [0.2, 0.25) is 0 Å². The van der Waals surface area contributed by atoms with Gasteiger partial charge in [-0.3, -0.25) is 4.79 Å². The number of fused-ring (bicyclic) bond motifs is 4. The van der Waals surface area contributed by atoms with Crippen LogP contribution in [0, 0.1) is 11.6 Å². The number of benzene rings is 1. The third-order valence-corrected chi connectivity index (χ3v) is 7.36. The van der Waals surface area contributed by atoms with Gasteiger partial charge in [-0.2, -0.15) is 0 Å². The maximum Gasteiger partial charge on any atom is 0.341 e. The Morgan fingerprint density at radius 2 is 2.03 bits per heavy atom. The molecule has 5 aromatic rings. The molecule has 0 saturated carbocycles. The Morgan fingerprint density at radius 3 is 2.74 bits per heavy atom. The highest BCUT2D eigenvalue weighted by molar-refractivity contribution is 6.18. The van der Waals surface area contributed by atoms with E-state index >= 15 is 4.39 Å². The number of pyridine rings is 3. The summed E-state index contributed by atoms with van der Waals surface area (Å²) in [6, 6.07) is 2.53.